The summed E-state index contributed by atoms with van der Waals surface area (Å²) in [6, 6.07) is 8.95. The summed E-state index contributed by atoms with van der Waals surface area (Å²) in [5.41, 5.74) is 1.94. The Kier molecular flexibility index (Phi) is 5.18. The van der Waals surface area contributed by atoms with Crippen LogP contribution in [0, 0.1) is 6.92 Å². The highest BCUT2D eigenvalue weighted by atomic mass is 32.2. The lowest BCUT2D eigenvalue weighted by molar-refractivity contribution is -0.120. The summed E-state index contributed by atoms with van der Waals surface area (Å²) in [5.74, 6) is 0.455. The van der Waals surface area contributed by atoms with Gasteiger partial charge in [0.25, 0.3) is 5.56 Å². The molecule has 2 aromatic heterocycles. The Bertz CT molecular complexity index is 917. The number of aromatic nitrogens is 3. The number of hydrogen-bond donors (Lipinski definition) is 2. The van der Waals surface area contributed by atoms with E-state index in [0.29, 0.717) is 29.7 Å². The zero-order chi connectivity index (χ0) is 17.8. The van der Waals surface area contributed by atoms with E-state index in [1.165, 1.54) is 17.8 Å². The first-order chi connectivity index (χ1) is 12.0. The second kappa shape index (κ2) is 7.52. The van der Waals surface area contributed by atoms with Gasteiger partial charge in [0, 0.05) is 24.7 Å². The lowest BCUT2D eigenvalue weighted by Gasteiger charge is -2.10. The van der Waals surface area contributed by atoms with Gasteiger partial charge in [-0.05, 0) is 26.0 Å². The zero-order valence-corrected chi connectivity index (χ0v) is 14.7. The van der Waals surface area contributed by atoms with Crippen molar-refractivity contribution in [1.82, 2.24) is 20.3 Å². The average Bonchev–Trinajstić information content (AvgIpc) is 2.96. The van der Waals surface area contributed by atoms with Crippen LogP contribution in [0.4, 0.5) is 0 Å². The van der Waals surface area contributed by atoms with E-state index < -0.39 is 0 Å². The van der Waals surface area contributed by atoms with Crippen molar-refractivity contribution in [2.45, 2.75) is 30.7 Å². The van der Waals surface area contributed by atoms with Crippen molar-refractivity contribution in [1.29, 1.82) is 0 Å². The van der Waals surface area contributed by atoms with Crippen LogP contribution in [0.2, 0.25) is 0 Å². The third kappa shape index (κ3) is 4.48. The Morgan fingerprint density at radius 1 is 1.36 bits per heavy atom. The molecule has 0 radical (unpaired) electrons. The maximum atomic E-state index is 12.2. The van der Waals surface area contributed by atoms with Crippen molar-refractivity contribution in [3.05, 3.63) is 52.3 Å². The molecule has 25 heavy (non-hydrogen) atoms. The van der Waals surface area contributed by atoms with Crippen molar-refractivity contribution in [2.24, 2.45) is 0 Å². The summed E-state index contributed by atoms with van der Waals surface area (Å²) in [6.07, 6.45) is 0.511. The molecule has 8 heteroatoms. The number of benzene rings is 1. The molecule has 0 fully saturated rings. The number of carbonyl (C=O) groups is 1. The van der Waals surface area contributed by atoms with Gasteiger partial charge in [0.2, 0.25) is 5.91 Å². The van der Waals surface area contributed by atoms with Crippen LogP contribution in [-0.4, -0.2) is 32.7 Å². The fraction of sp³-hybridized carbons (Fsp3) is 0.294. The minimum absolute atomic E-state index is 0.134. The molecule has 1 amide bonds. The Labute approximate surface area is 148 Å². The van der Waals surface area contributed by atoms with Gasteiger partial charge in [-0.2, -0.15) is 0 Å². The third-order valence-corrected chi connectivity index (χ3v) is 4.47. The number of carbonyl (C=O) groups excluding carboxylic acids is 1. The van der Waals surface area contributed by atoms with Gasteiger partial charge >= 0.3 is 0 Å². The van der Waals surface area contributed by atoms with Gasteiger partial charge < -0.3 is 14.7 Å². The lowest BCUT2D eigenvalue weighted by atomic mass is 10.3. The van der Waals surface area contributed by atoms with E-state index in [1.807, 2.05) is 24.3 Å². The van der Waals surface area contributed by atoms with Crippen LogP contribution in [0.15, 0.2) is 44.7 Å². The number of oxazole rings is 1. The normalized spacial score (nSPS) is 12.2. The number of aryl methyl sites for hydroxylation is 1. The van der Waals surface area contributed by atoms with Crippen LogP contribution in [0.5, 0.6) is 0 Å². The Morgan fingerprint density at radius 2 is 2.16 bits per heavy atom. The number of thioether (sulfide) groups is 1. The largest absolute Gasteiger partial charge is 0.441 e. The summed E-state index contributed by atoms with van der Waals surface area (Å²) < 4.78 is 5.61. The number of nitrogens with one attached hydrogen (secondary N) is 2. The number of nitrogens with zero attached hydrogens (tertiary/aromatic N) is 2. The van der Waals surface area contributed by atoms with Crippen molar-refractivity contribution >= 4 is 28.8 Å². The van der Waals surface area contributed by atoms with Crippen molar-refractivity contribution < 1.29 is 9.21 Å². The standard InChI is InChI=1S/C17H18N4O3S/c1-10-9-14(22)21-17(19-10)25-11(2)16(23)18-8-7-15-20-12-5-3-4-6-13(12)24-15/h3-6,9,11H,7-8H2,1-2H3,(H,18,23)(H,19,21,22). The minimum atomic E-state index is -0.381. The highest BCUT2D eigenvalue weighted by molar-refractivity contribution is 8.00. The molecule has 0 aliphatic heterocycles. The molecule has 0 spiro atoms. The summed E-state index contributed by atoms with van der Waals surface area (Å²) in [7, 11) is 0. The van der Waals surface area contributed by atoms with E-state index >= 15 is 0 Å². The van der Waals surface area contributed by atoms with Gasteiger partial charge in [-0.3, -0.25) is 9.59 Å². The smallest absolute Gasteiger partial charge is 0.251 e. The first kappa shape index (κ1) is 17.2. The molecule has 0 saturated carbocycles. The fourth-order valence-electron chi connectivity index (χ4n) is 2.29. The van der Waals surface area contributed by atoms with Crippen molar-refractivity contribution in [3.63, 3.8) is 0 Å². The molecule has 2 heterocycles. The highest BCUT2D eigenvalue weighted by Gasteiger charge is 2.16. The Balaban J connectivity index is 1.52. The maximum Gasteiger partial charge on any atom is 0.251 e. The second-order valence-electron chi connectivity index (χ2n) is 5.57. The average molecular weight is 358 g/mol. The van der Waals surface area contributed by atoms with Gasteiger partial charge in [-0.15, -0.1) is 0 Å². The second-order valence-corrected chi connectivity index (χ2v) is 6.90. The van der Waals surface area contributed by atoms with Gasteiger partial charge in [0.15, 0.2) is 16.6 Å². The topological polar surface area (TPSA) is 101 Å². The molecule has 3 aromatic rings. The van der Waals surface area contributed by atoms with Gasteiger partial charge in [0.05, 0.1) is 5.25 Å². The predicted molar refractivity (Wildman–Crippen MR) is 95.6 cm³/mol. The summed E-state index contributed by atoms with van der Waals surface area (Å²) in [5, 5.41) is 2.90. The first-order valence-corrected chi connectivity index (χ1v) is 8.76. The van der Waals surface area contributed by atoms with Gasteiger partial charge in [0.1, 0.15) is 5.52 Å². The first-order valence-electron chi connectivity index (χ1n) is 7.88. The SMILES string of the molecule is Cc1cc(=O)[nH]c(SC(C)C(=O)NCCc2nc3ccccc3o2)n1. The molecule has 0 saturated heterocycles. The quantitative estimate of drug-likeness (QED) is 0.517. The summed E-state index contributed by atoms with van der Waals surface area (Å²) in [6.45, 7) is 3.93. The van der Waals surface area contributed by atoms with Crippen LogP contribution < -0.4 is 10.9 Å². The predicted octanol–water partition coefficient (Wildman–Crippen LogP) is 2.06. The van der Waals surface area contributed by atoms with E-state index in [0.717, 1.165) is 11.1 Å². The molecule has 7 nitrogen and oxygen atoms in total. The minimum Gasteiger partial charge on any atom is -0.441 e. The summed E-state index contributed by atoms with van der Waals surface area (Å²) in [4.78, 5) is 34.8. The van der Waals surface area contributed by atoms with Crippen LogP contribution >= 0.6 is 11.8 Å². The molecule has 0 aliphatic carbocycles. The number of amides is 1. The van der Waals surface area contributed by atoms with E-state index in [4.69, 9.17) is 4.42 Å². The van der Waals surface area contributed by atoms with Crippen LogP contribution in [0.3, 0.4) is 0 Å². The Morgan fingerprint density at radius 3 is 2.92 bits per heavy atom. The maximum absolute atomic E-state index is 12.2. The molecule has 1 unspecified atom stereocenters. The van der Waals surface area contributed by atoms with Gasteiger partial charge in [-0.25, -0.2) is 9.97 Å². The lowest BCUT2D eigenvalue weighted by Crippen LogP contribution is -2.32. The molecule has 130 valence electrons. The molecular weight excluding hydrogens is 340 g/mol. The number of aromatic amines is 1. The van der Waals surface area contributed by atoms with E-state index in [9.17, 15) is 9.59 Å². The van der Waals surface area contributed by atoms with Gasteiger partial charge in [-0.1, -0.05) is 23.9 Å². The van der Waals surface area contributed by atoms with Crippen molar-refractivity contribution in [3.8, 4) is 0 Å². The number of rotatable bonds is 6. The zero-order valence-electron chi connectivity index (χ0n) is 13.9. The molecule has 0 bridgehead atoms. The van der Waals surface area contributed by atoms with Crippen LogP contribution in [0.1, 0.15) is 18.5 Å². The van der Waals surface area contributed by atoms with Crippen LogP contribution in [-0.2, 0) is 11.2 Å². The van der Waals surface area contributed by atoms with E-state index in [2.05, 4.69) is 20.3 Å². The molecule has 0 aliphatic rings. The Hall–Kier alpha value is -2.61. The molecule has 2 N–H and O–H groups in total. The van der Waals surface area contributed by atoms with E-state index in [1.54, 1.807) is 13.8 Å². The molecule has 3 rings (SSSR count). The highest BCUT2D eigenvalue weighted by Crippen LogP contribution is 2.18. The van der Waals surface area contributed by atoms with Crippen LogP contribution in [0.25, 0.3) is 11.1 Å². The number of H-pyrrole nitrogens is 1. The number of para-hydroxylation sites is 2. The summed E-state index contributed by atoms with van der Waals surface area (Å²) >= 11 is 1.21. The third-order valence-electron chi connectivity index (χ3n) is 3.48. The number of hydrogen-bond acceptors (Lipinski definition) is 6. The molecule has 1 aromatic carbocycles. The molecular formula is C17H18N4O3S. The monoisotopic (exact) mass is 358 g/mol. The fourth-order valence-corrected chi connectivity index (χ4v) is 3.17. The molecule has 1 atom stereocenters. The van der Waals surface area contributed by atoms with E-state index in [-0.39, 0.29) is 16.7 Å². The number of fused-ring (bicyclic) bond motifs is 1. The van der Waals surface area contributed by atoms with Crippen molar-refractivity contribution in [2.75, 3.05) is 6.54 Å².